The van der Waals surface area contributed by atoms with Gasteiger partial charge >= 0.3 is 6.09 Å². The number of fused-ring (bicyclic) bond motifs is 3. The van der Waals surface area contributed by atoms with E-state index >= 15 is 0 Å². The van der Waals surface area contributed by atoms with E-state index in [1.54, 1.807) is 5.57 Å². The summed E-state index contributed by atoms with van der Waals surface area (Å²) in [6.07, 6.45) is 8.31. The van der Waals surface area contributed by atoms with Crippen molar-refractivity contribution in [2.24, 2.45) is 0 Å². The lowest BCUT2D eigenvalue weighted by atomic mass is 9.85. The van der Waals surface area contributed by atoms with Gasteiger partial charge in [0, 0.05) is 30.4 Å². The van der Waals surface area contributed by atoms with E-state index in [1.807, 2.05) is 31.9 Å². The maximum atomic E-state index is 12.6. The number of aromatic nitrogens is 1. The Morgan fingerprint density at radius 2 is 1.90 bits per heavy atom. The zero-order valence-corrected chi connectivity index (χ0v) is 19.3. The van der Waals surface area contributed by atoms with Crippen LogP contribution in [-0.2, 0) is 24.1 Å². The largest absolute Gasteiger partial charge is 0.444 e. The maximum absolute atomic E-state index is 12.6. The molecule has 1 aromatic carbocycles. The molecule has 0 spiro atoms. The van der Waals surface area contributed by atoms with E-state index in [0.29, 0.717) is 18.2 Å². The van der Waals surface area contributed by atoms with E-state index < -0.39 is 5.60 Å². The summed E-state index contributed by atoms with van der Waals surface area (Å²) in [5.74, 6) is 0. The van der Waals surface area contributed by atoms with Gasteiger partial charge in [0.15, 0.2) is 0 Å². The predicted octanol–water partition coefficient (Wildman–Crippen LogP) is 6.58. The molecule has 31 heavy (non-hydrogen) atoms. The molecule has 2 aromatic rings. The summed E-state index contributed by atoms with van der Waals surface area (Å²) in [5.41, 5.74) is 10.1. The quantitative estimate of drug-likeness (QED) is 0.474. The smallest absolute Gasteiger partial charge is 0.410 e. The Balaban J connectivity index is 1.53. The van der Waals surface area contributed by atoms with Gasteiger partial charge in [-0.1, -0.05) is 35.4 Å². The van der Waals surface area contributed by atoms with E-state index in [2.05, 4.69) is 23.2 Å². The standard InChI is InChI=1S/C26H29ClN2O2/c1-26(2,3)31-25(30)29-12-11-18-17(15-29)8-6-10-20(18)22-14-28-24(27)21-13-16-7-4-5-9-19(16)23(21)22/h6,8,10,14H,4-5,7,9,11-13,15H2,1-3H3. The van der Waals surface area contributed by atoms with Gasteiger partial charge in [-0.2, -0.15) is 0 Å². The number of amides is 1. The highest BCUT2D eigenvalue weighted by atomic mass is 35.5. The second-order valence-electron chi connectivity index (χ2n) is 9.88. The van der Waals surface area contributed by atoms with Crippen LogP contribution < -0.4 is 0 Å². The van der Waals surface area contributed by atoms with Crippen molar-refractivity contribution in [2.45, 2.75) is 71.4 Å². The number of halogens is 1. The Labute approximate surface area is 189 Å². The first-order chi connectivity index (χ1) is 14.8. The molecule has 0 saturated heterocycles. The minimum absolute atomic E-state index is 0.241. The van der Waals surface area contributed by atoms with Gasteiger partial charge in [-0.25, -0.2) is 9.78 Å². The highest BCUT2D eigenvalue weighted by Gasteiger charge is 2.31. The number of nitrogens with zero attached hydrogens (tertiary/aromatic N) is 2. The molecule has 4 nitrogen and oxygen atoms in total. The number of allylic oxidation sites excluding steroid dienone is 2. The number of carbonyl (C=O) groups is 1. The molecule has 1 aliphatic heterocycles. The summed E-state index contributed by atoms with van der Waals surface area (Å²) >= 11 is 6.55. The molecule has 5 rings (SSSR count). The Kier molecular flexibility index (Phi) is 5.09. The fourth-order valence-corrected chi connectivity index (χ4v) is 5.47. The minimum Gasteiger partial charge on any atom is -0.444 e. The molecule has 2 heterocycles. The molecule has 3 aliphatic rings. The number of hydrogen-bond donors (Lipinski definition) is 0. The van der Waals surface area contributed by atoms with Gasteiger partial charge in [0.05, 0.1) is 0 Å². The number of ether oxygens (including phenoxy) is 1. The van der Waals surface area contributed by atoms with Gasteiger partial charge in [-0.3, -0.25) is 0 Å². The Hall–Kier alpha value is -2.33. The molecule has 0 fully saturated rings. The molecule has 162 valence electrons. The number of rotatable bonds is 1. The second-order valence-corrected chi connectivity index (χ2v) is 10.2. The zero-order chi connectivity index (χ0) is 21.8. The van der Waals surface area contributed by atoms with Crippen LogP contribution in [-0.4, -0.2) is 28.1 Å². The van der Waals surface area contributed by atoms with E-state index in [0.717, 1.165) is 19.3 Å². The zero-order valence-electron chi connectivity index (χ0n) is 18.6. The fourth-order valence-electron chi connectivity index (χ4n) is 5.26. The van der Waals surface area contributed by atoms with Crippen molar-refractivity contribution in [2.75, 3.05) is 6.54 Å². The van der Waals surface area contributed by atoms with Gasteiger partial charge in [0.25, 0.3) is 0 Å². The van der Waals surface area contributed by atoms with Gasteiger partial charge in [0.2, 0.25) is 0 Å². The molecule has 1 aromatic heterocycles. The Morgan fingerprint density at radius 1 is 1.10 bits per heavy atom. The molecular formula is C26H29ClN2O2. The van der Waals surface area contributed by atoms with Crippen LogP contribution in [0.5, 0.6) is 0 Å². The molecule has 1 amide bonds. The summed E-state index contributed by atoms with van der Waals surface area (Å²) in [4.78, 5) is 19.0. The van der Waals surface area contributed by atoms with Crippen LogP contribution in [0.25, 0.3) is 16.7 Å². The van der Waals surface area contributed by atoms with E-state index in [4.69, 9.17) is 16.3 Å². The molecule has 0 unspecified atom stereocenters. The van der Waals surface area contributed by atoms with Crippen LogP contribution in [0.2, 0.25) is 5.15 Å². The normalized spacial score (nSPS) is 17.9. The third kappa shape index (κ3) is 3.76. The predicted molar refractivity (Wildman–Crippen MR) is 124 cm³/mol. The first-order valence-corrected chi connectivity index (χ1v) is 11.7. The summed E-state index contributed by atoms with van der Waals surface area (Å²) in [5, 5.41) is 0.647. The van der Waals surface area contributed by atoms with E-state index in [1.165, 1.54) is 58.2 Å². The summed E-state index contributed by atoms with van der Waals surface area (Å²) in [6, 6.07) is 6.43. The highest BCUT2D eigenvalue weighted by Crippen LogP contribution is 2.48. The highest BCUT2D eigenvalue weighted by molar-refractivity contribution is 6.30. The van der Waals surface area contributed by atoms with Crippen LogP contribution in [0.1, 0.15) is 68.7 Å². The fraction of sp³-hybridized carbons (Fsp3) is 0.462. The van der Waals surface area contributed by atoms with Crippen LogP contribution in [0.15, 0.2) is 30.0 Å². The van der Waals surface area contributed by atoms with Crippen molar-refractivity contribution >= 4 is 23.3 Å². The Morgan fingerprint density at radius 3 is 2.71 bits per heavy atom. The van der Waals surface area contributed by atoms with Crippen LogP contribution in [0, 0.1) is 0 Å². The lowest BCUT2D eigenvalue weighted by Crippen LogP contribution is -2.40. The summed E-state index contributed by atoms with van der Waals surface area (Å²) in [6.45, 7) is 6.96. The summed E-state index contributed by atoms with van der Waals surface area (Å²) < 4.78 is 5.60. The number of pyridine rings is 1. The molecule has 0 bridgehead atoms. The van der Waals surface area contributed by atoms with Gasteiger partial charge in [-0.05, 0) is 87.1 Å². The first-order valence-electron chi connectivity index (χ1n) is 11.3. The molecule has 0 atom stereocenters. The van der Waals surface area contributed by atoms with Crippen molar-refractivity contribution in [3.8, 4) is 11.1 Å². The average molecular weight is 437 g/mol. The van der Waals surface area contributed by atoms with Crippen LogP contribution in [0.4, 0.5) is 4.79 Å². The molecule has 0 radical (unpaired) electrons. The van der Waals surface area contributed by atoms with Crippen molar-refractivity contribution in [1.82, 2.24) is 9.88 Å². The number of benzene rings is 1. The van der Waals surface area contributed by atoms with E-state index in [9.17, 15) is 4.79 Å². The van der Waals surface area contributed by atoms with Crippen molar-refractivity contribution in [3.63, 3.8) is 0 Å². The Bertz CT molecular complexity index is 1100. The lowest BCUT2D eigenvalue weighted by molar-refractivity contribution is 0.0224. The number of hydrogen-bond acceptors (Lipinski definition) is 3. The van der Waals surface area contributed by atoms with Crippen LogP contribution in [0.3, 0.4) is 0 Å². The van der Waals surface area contributed by atoms with Gasteiger partial charge in [0.1, 0.15) is 10.8 Å². The molecule has 2 aliphatic carbocycles. The second kappa shape index (κ2) is 7.67. The molecule has 0 N–H and O–H groups in total. The lowest BCUT2D eigenvalue weighted by Gasteiger charge is -2.32. The third-order valence-corrected chi connectivity index (χ3v) is 6.93. The van der Waals surface area contributed by atoms with Crippen molar-refractivity contribution in [3.05, 3.63) is 57.4 Å². The topological polar surface area (TPSA) is 42.4 Å². The average Bonchev–Trinajstić information content (AvgIpc) is 3.13. The molecule has 0 saturated carbocycles. The van der Waals surface area contributed by atoms with Gasteiger partial charge < -0.3 is 9.64 Å². The van der Waals surface area contributed by atoms with Crippen molar-refractivity contribution in [1.29, 1.82) is 0 Å². The maximum Gasteiger partial charge on any atom is 0.410 e. The molecule has 5 heteroatoms. The SMILES string of the molecule is CC(C)(C)OC(=O)N1CCc2c(cccc2-c2cnc(Cl)c3c2C2=C(CCCC2)C3)C1. The number of carbonyl (C=O) groups excluding carboxylic acids is 1. The van der Waals surface area contributed by atoms with Gasteiger partial charge in [-0.15, -0.1) is 0 Å². The first kappa shape index (κ1) is 20.6. The van der Waals surface area contributed by atoms with Crippen LogP contribution >= 0.6 is 11.6 Å². The monoisotopic (exact) mass is 436 g/mol. The molecular weight excluding hydrogens is 408 g/mol. The minimum atomic E-state index is -0.486. The third-order valence-electron chi connectivity index (χ3n) is 6.61. The van der Waals surface area contributed by atoms with E-state index in [-0.39, 0.29) is 6.09 Å². The van der Waals surface area contributed by atoms with Crippen molar-refractivity contribution < 1.29 is 9.53 Å². The summed E-state index contributed by atoms with van der Waals surface area (Å²) in [7, 11) is 0.